The molecule has 2 nitrogen and oxygen atoms in total. The van der Waals surface area contributed by atoms with Crippen LogP contribution < -0.4 is 4.57 Å². The van der Waals surface area contributed by atoms with Crippen LogP contribution >= 0.6 is 0 Å². The number of aryl methyl sites for hydroxylation is 1. The molecule has 0 spiro atoms. The highest BCUT2D eigenvalue weighted by Crippen LogP contribution is 2.35. The summed E-state index contributed by atoms with van der Waals surface area (Å²) in [5, 5.41) is 2.16. The van der Waals surface area contributed by atoms with Crippen LogP contribution in [0, 0.1) is 25.7 Å². The molecule has 0 radical (unpaired) electrons. The largest absolute Gasteiger partial charge is 0.264 e. The number of hydrogen-bond acceptors (Lipinski definition) is 1. The van der Waals surface area contributed by atoms with Gasteiger partial charge < -0.3 is 0 Å². The highest BCUT2D eigenvalue weighted by molar-refractivity contribution is 5.94. The van der Waals surface area contributed by atoms with Crippen LogP contribution in [0.4, 0.5) is 0 Å². The van der Waals surface area contributed by atoms with Crippen LogP contribution in [0.25, 0.3) is 22.0 Å². The monoisotopic (exact) mass is 348 g/mol. The molecule has 2 heterocycles. The maximum Gasteiger partial charge on any atom is 0.222 e. The number of pyridine rings is 2. The van der Waals surface area contributed by atoms with Crippen molar-refractivity contribution >= 4 is 10.8 Å². The van der Waals surface area contributed by atoms with Crippen molar-refractivity contribution in [1.29, 1.82) is 0 Å². The number of nitrogens with zero attached hydrogens (tertiary/aromatic N) is 2. The number of benzene rings is 1. The first-order valence-corrected chi connectivity index (χ1v) is 9.57. The van der Waals surface area contributed by atoms with E-state index in [4.69, 9.17) is 1.37 Å². The van der Waals surface area contributed by atoms with Gasteiger partial charge in [0, 0.05) is 25.4 Å². The molecule has 0 saturated heterocycles. The number of hydrogen-bond donors (Lipinski definition) is 0. The van der Waals surface area contributed by atoms with E-state index in [0.717, 1.165) is 27.7 Å². The molecule has 1 aromatic carbocycles. The first kappa shape index (κ1) is 17.2. The Morgan fingerprint density at radius 3 is 2.35 bits per heavy atom. The Morgan fingerprint density at radius 2 is 1.73 bits per heavy atom. The minimum absolute atomic E-state index is 0.492. The van der Waals surface area contributed by atoms with Gasteiger partial charge in [-0.25, -0.2) is 0 Å². The maximum atomic E-state index is 8.76. The van der Waals surface area contributed by atoms with Crippen LogP contribution in [-0.2, 0) is 7.05 Å². The van der Waals surface area contributed by atoms with Crippen molar-refractivity contribution in [2.45, 2.75) is 47.5 Å². The number of aromatic nitrogens is 2. The lowest BCUT2D eigenvalue weighted by atomic mass is 9.79. The lowest BCUT2D eigenvalue weighted by molar-refractivity contribution is -0.665. The predicted octanol–water partition coefficient (Wildman–Crippen LogP) is 5.74. The average molecular weight is 349 g/mol. The van der Waals surface area contributed by atoms with E-state index in [0.29, 0.717) is 23.8 Å². The topological polar surface area (TPSA) is 16.8 Å². The maximum absolute atomic E-state index is 8.76. The molecule has 0 unspecified atom stereocenters. The van der Waals surface area contributed by atoms with Gasteiger partial charge in [-0.15, -0.1) is 0 Å². The highest BCUT2D eigenvalue weighted by atomic mass is 14.9. The first-order chi connectivity index (χ1) is 12.7. The zero-order valence-electron chi connectivity index (χ0n) is 18.1. The third-order valence-corrected chi connectivity index (χ3v) is 5.57. The summed E-state index contributed by atoms with van der Waals surface area (Å²) < 4.78 is 10.9. The standard InChI is InChI=1S/C24H31N2/c1-15(2)23(16(3)4)19-8-9-21-20(13-19)12-18(6)26(7)24(21)22-14-25-11-10-17(22)5/h8-16,23H,1-7H3/q+1/i12D. The fourth-order valence-electron chi connectivity index (χ4n) is 4.28. The van der Waals surface area contributed by atoms with Crippen LogP contribution in [0.1, 0.15) is 51.8 Å². The summed E-state index contributed by atoms with van der Waals surface area (Å²) >= 11 is 0. The summed E-state index contributed by atoms with van der Waals surface area (Å²) in [4.78, 5) is 4.35. The Bertz CT molecular complexity index is 981. The van der Waals surface area contributed by atoms with Gasteiger partial charge in [0.05, 0.1) is 12.3 Å². The Labute approximate surface area is 159 Å². The second kappa shape index (κ2) is 7.19. The van der Waals surface area contributed by atoms with E-state index in [-0.39, 0.29) is 0 Å². The Balaban J connectivity index is 2.35. The van der Waals surface area contributed by atoms with Crippen molar-refractivity contribution in [2.75, 3.05) is 0 Å². The number of fused-ring (bicyclic) bond motifs is 1. The summed E-state index contributed by atoms with van der Waals surface area (Å²) in [6.07, 6.45) is 3.77. The SMILES string of the molecule is [2H]c1c(C)[n+](C)c(-c2cnccc2C)c2ccc(C(C(C)C)C(C)C)cc12. The van der Waals surface area contributed by atoms with Gasteiger partial charge in [0.15, 0.2) is 5.69 Å². The molecule has 26 heavy (non-hydrogen) atoms. The molecule has 0 N–H and O–H groups in total. The zero-order valence-corrected chi connectivity index (χ0v) is 17.1. The molecular weight excluding hydrogens is 316 g/mol. The normalized spacial score (nSPS) is 12.5. The summed E-state index contributed by atoms with van der Waals surface area (Å²) in [6, 6.07) is 9.39. The Morgan fingerprint density at radius 1 is 1.04 bits per heavy atom. The molecule has 0 aliphatic rings. The van der Waals surface area contributed by atoms with Gasteiger partial charge in [-0.3, -0.25) is 4.98 Å². The van der Waals surface area contributed by atoms with Gasteiger partial charge in [-0.1, -0.05) is 39.8 Å². The fraction of sp³-hybridized carbons (Fsp3) is 0.417. The molecule has 0 aliphatic heterocycles. The molecule has 0 atom stereocenters. The van der Waals surface area contributed by atoms with Crippen LogP contribution in [0.3, 0.4) is 0 Å². The second-order valence-corrected chi connectivity index (χ2v) is 8.13. The molecular formula is C24H31N2+. The van der Waals surface area contributed by atoms with Gasteiger partial charge in [0.2, 0.25) is 5.69 Å². The summed E-state index contributed by atoms with van der Waals surface area (Å²) in [5.41, 5.74) is 5.78. The van der Waals surface area contributed by atoms with Gasteiger partial charge in [-0.2, -0.15) is 4.57 Å². The van der Waals surface area contributed by atoms with Crippen molar-refractivity contribution < 1.29 is 5.94 Å². The van der Waals surface area contributed by atoms with Gasteiger partial charge >= 0.3 is 0 Å². The van der Waals surface area contributed by atoms with Crippen LogP contribution in [0.5, 0.6) is 0 Å². The Hall–Kier alpha value is -2.22. The fourth-order valence-corrected chi connectivity index (χ4v) is 4.28. The van der Waals surface area contributed by atoms with Gasteiger partial charge in [0.1, 0.15) is 7.05 Å². The van der Waals surface area contributed by atoms with E-state index >= 15 is 0 Å². The molecule has 3 rings (SSSR count). The van der Waals surface area contributed by atoms with Crippen LogP contribution in [0.2, 0.25) is 0 Å². The van der Waals surface area contributed by atoms with E-state index in [2.05, 4.69) is 62.4 Å². The Kier molecular flexibility index (Phi) is 4.76. The predicted molar refractivity (Wildman–Crippen MR) is 110 cm³/mol. The molecule has 0 amide bonds. The summed E-state index contributed by atoms with van der Waals surface area (Å²) in [6.45, 7) is 13.3. The average Bonchev–Trinajstić information content (AvgIpc) is 2.61. The lowest BCUT2D eigenvalue weighted by Gasteiger charge is -2.25. The quantitative estimate of drug-likeness (QED) is 0.549. The molecule has 2 aromatic heterocycles. The van der Waals surface area contributed by atoms with E-state index in [1.54, 1.807) is 0 Å². The highest BCUT2D eigenvalue weighted by Gasteiger charge is 2.23. The van der Waals surface area contributed by atoms with E-state index in [9.17, 15) is 0 Å². The van der Waals surface area contributed by atoms with E-state index in [1.165, 1.54) is 11.1 Å². The van der Waals surface area contributed by atoms with Crippen LogP contribution in [0.15, 0.2) is 42.7 Å². The summed E-state index contributed by atoms with van der Waals surface area (Å²) in [7, 11) is 2.05. The second-order valence-electron chi connectivity index (χ2n) is 8.13. The summed E-state index contributed by atoms with van der Waals surface area (Å²) in [5.74, 6) is 1.63. The van der Waals surface area contributed by atoms with Gasteiger partial charge in [-0.05, 0) is 53.3 Å². The molecule has 136 valence electrons. The van der Waals surface area contributed by atoms with Crippen molar-refractivity contribution in [3.63, 3.8) is 0 Å². The molecule has 2 heteroatoms. The number of rotatable bonds is 4. The zero-order chi connectivity index (χ0) is 19.9. The van der Waals surface area contributed by atoms with Crippen molar-refractivity contribution in [3.8, 4) is 11.3 Å². The minimum Gasteiger partial charge on any atom is -0.264 e. The lowest BCUT2D eigenvalue weighted by Crippen LogP contribution is -2.35. The van der Waals surface area contributed by atoms with Gasteiger partial charge in [0.25, 0.3) is 0 Å². The minimum atomic E-state index is 0.492. The van der Waals surface area contributed by atoms with Crippen molar-refractivity contribution in [3.05, 3.63) is 59.5 Å². The van der Waals surface area contributed by atoms with Crippen LogP contribution in [-0.4, -0.2) is 4.98 Å². The third kappa shape index (κ3) is 3.25. The smallest absolute Gasteiger partial charge is 0.222 e. The molecule has 0 fully saturated rings. The van der Waals surface area contributed by atoms with Crippen molar-refractivity contribution in [1.82, 2.24) is 4.98 Å². The molecule has 0 bridgehead atoms. The molecule has 3 aromatic rings. The molecule has 0 aliphatic carbocycles. The van der Waals surface area contributed by atoms with Crippen molar-refractivity contribution in [2.24, 2.45) is 18.9 Å². The third-order valence-electron chi connectivity index (χ3n) is 5.57. The molecule has 0 saturated carbocycles. The first-order valence-electron chi connectivity index (χ1n) is 10.1. The van der Waals surface area contributed by atoms with E-state index < -0.39 is 0 Å². The van der Waals surface area contributed by atoms with E-state index in [1.807, 2.05) is 32.4 Å².